The molecule has 0 bridgehead atoms. The molecule has 7 heteroatoms. The van der Waals surface area contributed by atoms with E-state index in [1.54, 1.807) is 12.1 Å². The van der Waals surface area contributed by atoms with Crippen LogP contribution in [0.4, 0.5) is 0 Å². The van der Waals surface area contributed by atoms with Crippen LogP contribution >= 0.6 is 11.8 Å². The number of nitrogens with zero attached hydrogens (tertiary/aromatic N) is 4. The van der Waals surface area contributed by atoms with Gasteiger partial charge in [0.2, 0.25) is 5.16 Å². The fraction of sp³-hybridized carbons (Fsp3) is 0.429. The monoisotopic (exact) mass is 304 g/mol. The molecule has 21 heavy (non-hydrogen) atoms. The third kappa shape index (κ3) is 3.07. The second kappa shape index (κ2) is 6.26. The molecule has 1 fully saturated rings. The standard InChI is InChI=1S/C14H16N4O2S/c19-13(20)12-8-4-1-5-10(12)9-21-14-15-16-17-18(14)11-6-2-3-7-11/h1,4-5,8,11H,2-3,6-7,9H2,(H,19,20). The Labute approximate surface area is 126 Å². The largest absolute Gasteiger partial charge is 0.478 e. The van der Waals surface area contributed by atoms with Gasteiger partial charge in [-0.05, 0) is 34.9 Å². The van der Waals surface area contributed by atoms with Crippen LogP contribution in [0.15, 0.2) is 29.4 Å². The van der Waals surface area contributed by atoms with E-state index in [0.717, 1.165) is 23.6 Å². The van der Waals surface area contributed by atoms with E-state index in [1.165, 1.54) is 24.6 Å². The maximum atomic E-state index is 11.2. The van der Waals surface area contributed by atoms with E-state index in [0.29, 0.717) is 17.4 Å². The molecule has 1 heterocycles. The second-order valence-electron chi connectivity index (χ2n) is 5.10. The lowest BCUT2D eigenvalue weighted by molar-refractivity contribution is 0.0696. The molecule has 1 aromatic carbocycles. The summed E-state index contributed by atoms with van der Waals surface area (Å²) in [5, 5.41) is 21.9. The molecule has 1 N–H and O–H groups in total. The molecule has 110 valence electrons. The zero-order valence-electron chi connectivity index (χ0n) is 11.5. The molecule has 1 aliphatic rings. The minimum Gasteiger partial charge on any atom is -0.478 e. The fourth-order valence-electron chi connectivity index (χ4n) is 2.66. The number of aromatic carboxylic acids is 1. The normalized spacial score (nSPS) is 15.4. The number of carboxylic acids is 1. The number of carbonyl (C=O) groups is 1. The summed E-state index contributed by atoms with van der Waals surface area (Å²) < 4.78 is 1.89. The summed E-state index contributed by atoms with van der Waals surface area (Å²) in [6, 6.07) is 7.43. The number of thioether (sulfide) groups is 1. The molecule has 1 aromatic heterocycles. The third-order valence-corrected chi connectivity index (χ3v) is 4.72. The topological polar surface area (TPSA) is 80.9 Å². The highest BCUT2D eigenvalue weighted by molar-refractivity contribution is 7.98. The summed E-state index contributed by atoms with van der Waals surface area (Å²) in [5.41, 5.74) is 1.13. The van der Waals surface area contributed by atoms with Crippen molar-refractivity contribution in [3.63, 3.8) is 0 Å². The maximum Gasteiger partial charge on any atom is 0.335 e. The molecular weight excluding hydrogens is 288 g/mol. The molecule has 2 aromatic rings. The van der Waals surface area contributed by atoms with Gasteiger partial charge in [-0.3, -0.25) is 0 Å². The highest BCUT2D eigenvalue weighted by Gasteiger charge is 2.22. The van der Waals surface area contributed by atoms with Crippen molar-refractivity contribution in [2.75, 3.05) is 0 Å². The van der Waals surface area contributed by atoms with Gasteiger partial charge in [0.25, 0.3) is 0 Å². The number of carboxylic acid groups (broad SMARTS) is 1. The van der Waals surface area contributed by atoms with Crippen LogP contribution in [-0.4, -0.2) is 31.3 Å². The summed E-state index contributed by atoms with van der Waals surface area (Å²) >= 11 is 1.49. The van der Waals surface area contributed by atoms with Crippen LogP contribution in [-0.2, 0) is 5.75 Å². The van der Waals surface area contributed by atoms with Gasteiger partial charge in [-0.15, -0.1) is 5.10 Å². The molecule has 1 aliphatic carbocycles. The highest BCUT2D eigenvalue weighted by atomic mass is 32.2. The minimum atomic E-state index is -0.901. The SMILES string of the molecule is O=C(O)c1ccccc1CSc1nnnn1C1CCCC1. The molecule has 1 saturated carbocycles. The Kier molecular flexibility index (Phi) is 4.19. The Morgan fingerprint density at radius 3 is 2.86 bits per heavy atom. The van der Waals surface area contributed by atoms with Crippen molar-refractivity contribution in [3.8, 4) is 0 Å². The lowest BCUT2D eigenvalue weighted by atomic mass is 10.1. The number of hydrogen-bond acceptors (Lipinski definition) is 5. The highest BCUT2D eigenvalue weighted by Crippen LogP contribution is 2.32. The van der Waals surface area contributed by atoms with Crippen LogP contribution in [0.3, 0.4) is 0 Å². The first kappa shape index (κ1) is 14.1. The molecule has 0 spiro atoms. The van der Waals surface area contributed by atoms with Gasteiger partial charge in [-0.25, -0.2) is 9.48 Å². The Morgan fingerprint density at radius 2 is 2.10 bits per heavy atom. The first-order chi connectivity index (χ1) is 10.3. The number of hydrogen-bond donors (Lipinski definition) is 1. The van der Waals surface area contributed by atoms with Gasteiger partial charge < -0.3 is 5.11 Å². The van der Waals surface area contributed by atoms with E-state index in [2.05, 4.69) is 15.5 Å². The number of tetrazole rings is 1. The number of rotatable bonds is 5. The molecule has 0 aliphatic heterocycles. The Hall–Kier alpha value is -1.89. The third-order valence-electron chi connectivity index (χ3n) is 3.74. The Balaban J connectivity index is 1.74. The number of aromatic nitrogens is 4. The van der Waals surface area contributed by atoms with Crippen molar-refractivity contribution in [1.29, 1.82) is 0 Å². The zero-order chi connectivity index (χ0) is 14.7. The van der Waals surface area contributed by atoms with Crippen molar-refractivity contribution >= 4 is 17.7 Å². The first-order valence-electron chi connectivity index (χ1n) is 6.97. The van der Waals surface area contributed by atoms with Crippen LogP contribution < -0.4 is 0 Å². The zero-order valence-corrected chi connectivity index (χ0v) is 12.3. The van der Waals surface area contributed by atoms with E-state index < -0.39 is 5.97 Å². The van der Waals surface area contributed by atoms with E-state index >= 15 is 0 Å². The number of benzene rings is 1. The van der Waals surface area contributed by atoms with Gasteiger partial charge in [0, 0.05) is 5.75 Å². The van der Waals surface area contributed by atoms with Gasteiger partial charge in [-0.2, -0.15) is 0 Å². The van der Waals surface area contributed by atoms with E-state index in [4.69, 9.17) is 0 Å². The van der Waals surface area contributed by atoms with Crippen molar-refractivity contribution in [2.24, 2.45) is 0 Å². The van der Waals surface area contributed by atoms with Crippen LogP contribution in [0.5, 0.6) is 0 Å². The van der Waals surface area contributed by atoms with E-state index in [-0.39, 0.29) is 0 Å². The average molecular weight is 304 g/mol. The van der Waals surface area contributed by atoms with E-state index in [9.17, 15) is 9.90 Å². The average Bonchev–Trinajstić information content (AvgIpc) is 3.16. The van der Waals surface area contributed by atoms with Crippen LogP contribution in [0.1, 0.15) is 47.6 Å². The lowest BCUT2D eigenvalue weighted by Gasteiger charge is -2.11. The van der Waals surface area contributed by atoms with Crippen LogP contribution in [0.25, 0.3) is 0 Å². The van der Waals surface area contributed by atoms with Gasteiger partial charge in [0.05, 0.1) is 11.6 Å². The summed E-state index contributed by atoms with van der Waals surface area (Å²) in [7, 11) is 0. The van der Waals surface area contributed by atoms with Gasteiger partial charge >= 0.3 is 5.97 Å². The molecule has 3 rings (SSSR count). The summed E-state index contributed by atoms with van der Waals surface area (Å²) in [5.74, 6) is -0.350. The quantitative estimate of drug-likeness (QED) is 0.855. The minimum absolute atomic E-state index is 0.338. The summed E-state index contributed by atoms with van der Waals surface area (Å²) in [6.45, 7) is 0. The van der Waals surface area contributed by atoms with Crippen molar-refractivity contribution in [2.45, 2.75) is 42.6 Å². The molecule has 0 unspecified atom stereocenters. The molecule has 0 amide bonds. The summed E-state index contributed by atoms with van der Waals surface area (Å²) in [4.78, 5) is 11.2. The maximum absolute atomic E-state index is 11.2. The fourth-order valence-corrected chi connectivity index (χ4v) is 3.60. The van der Waals surface area contributed by atoms with Crippen molar-refractivity contribution in [1.82, 2.24) is 20.2 Å². The van der Waals surface area contributed by atoms with Crippen molar-refractivity contribution in [3.05, 3.63) is 35.4 Å². The smallest absolute Gasteiger partial charge is 0.335 e. The van der Waals surface area contributed by atoms with Crippen LogP contribution in [0.2, 0.25) is 0 Å². The molecule has 0 atom stereocenters. The van der Waals surface area contributed by atoms with Crippen LogP contribution in [0, 0.1) is 0 Å². The Bertz CT molecular complexity index is 637. The van der Waals surface area contributed by atoms with Gasteiger partial charge in [0.15, 0.2) is 0 Å². The van der Waals surface area contributed by atoms with Gasteiger partial charge in [0.1, 0.15) is 0 Å². The Morgan fingerprint density at radius 1 is 1.33 bits per heavy atom. The molecule has 6 nitrogen and oxygen atoms in total. The predicted molar refractivity (Wildman–Crippen MR) is 78.3 cm³/mol. The lowest BCUT2D eigenvalue weighted by Crippen LogP contribution is -2.08. The molecule has 0 saturated heterocycles. The second-order valence-corrected chi connectivity index (χ2v) is 6.04. The molecular formula is C14H16N4O2S. The van der Waals surface area contributed by atoms with Gasteiger partial charge in [-0.1, -0.05) is 42.8 Å². The predicted octanol–water partition coefficient (Wildman–Crippen LogP) is 2.78. The van der Waals surface area contributed by atoms with E-state index in [1.807, 2.05) is 16.8 Å². The molecule has 0 radical (unpaired) electrons. The summed E-state index contributed by atoms with van der Waals surface area (Å²) in [6.07, 6.45) is 4.67. The van der Waals surface area contributed by atoms with Crippen molar-refractivity contribution < 1.29 is 9.90 Å². The first-order valence-corrected chi connectivity index (χ1v) is 7.96.